The highest BCUT2D eigenvalue weighted by molar-refractivity contribution is 7.93. The molecule has 2 aromatic carbocycles. The van der Waals surface area contributed by atoms with Crippen LogP contribution in [0.1, 0.15) is 11.3 Å². The molecule has 2 N–H and O–H groups in total. The van der Waals surface area contributed by atoms with Crippen LogP contribution in [-0.2, 0) is 20.0 Å². The molecular formula is C19H21N3O7S2. The maximum atomic E-state index is 12.8. The van der Waals surface area contributed by atoms with Gasteiger partial charge < -0.3 is 14.0 Å². The molecule has 166 valence electrons. The first-order valence-corrected chi connectivity index (χ1v) is 11.8. The number of aryl methyl sites for hydroxylation is 1. The highest BCUT2D eigenvalue weighted by Crippen LogP contribution is 2.30. The Hall–Kier alpha value is -3.25. The second kappa shape index (κ2) is 8.47. The Morgan fingerprint density at radius 1 is 0.871 bits per heavy atom. The summed E-state index contributed by atoms with van der Waals surface area (Å²) >= 11 is 0. The number of methoxy groups -OCH3 is 2. The first-order valence-electron chi connectivity index (χ1n) is 8.88. The van der Waals surface area contributed by atoms with E-state index in [1.807, 2.05) is 0 Å². The molecule has 0 saturated carbocycles. The minimum absolute atomic E-state index is 0.0221. The van der Waals surface area contributed by atoms with Gasteiger partial charge in [0.05, 0.1) is 24.8 Å². The van der Waals surface area contributed by atoms with Crippen molar-refractivity contribution in [1.82, 2.24) is 5.16 Å². The number of benzene rings is 2. The lowest BCUT2D eigenvalue weighted by atomic mass is 10.3. The molecule has 0 aliphatic heterocycles. The predicted octanol–water partition coefficient (Wildman–Crippen LogP) is 2.91. The fraction of sp³-hybridized carbons (Fsp3) is 0.211. The number of rotatable bonds is 8. The molecule has 0 unspecified atom stereocenters. The summed E-state index contributed by atoms with van der Waals surface area (Å²) in [6.45, 7) is 3.37. The third-order valence-electron chi connectivity index (χ3n) is 4.46. The molecule has 10 nitrogen and oxygen atoms in total. The number of anilines is 2. The molecule has 0 saturated heterocycles. The molecule has 31 heavy (non-hydrogen) atoms. The van der Waals surface area contributed by atoms with E-state index in [2.05, 4.69) is 14.6 Å². The summed E-state index contributed by atoms with van der Waals surface area (Å²) in [7, 11) is -5.15. The van der Waals surface area contributed by atoms with Gasteiger partial charge >= 0.3 is 0 Å². The Balaban J connectivity index is 1.82. The summed E-state index contributed by atoms with van der Waals surface area (Å²) < 4.78 is 70.5. The largest absolute Gasteiger partial charge is 0.497 e. The normalized spacial score (nSPS) is 11.7. The van der Waals surface area contributed by atoms with Crippen LogP contribution in [0.15, 0.2) is 56.8 Å². The Morgan fingerprint density at radius 3 is 2.10 bits per heavy atom. The molecule has 0 amide bonds. The van der Waals surface area contributed by atoms with Crippen molar-refractivity contribution in [1.29, 1.82) is 0 Å². The van der Waals surface area contributed by atoms with E-state index < -0.39 is 20.0 Å². The summed E-state index contributed by atoms with van der Waals surface area (Å²) in [6, 6.07) is 9.49. The van der Waals surface area contributed by atoms with Gasteiger partial charge in [-0.05, 0) is 50.2 Å². The van der Waals surface area contributed by atoms with Crippen LogP contribution in [0.2, 0.25) is 0 Å². The number of sulfonamides is 2. The SMILES string of the molecule is COc1ccc(S(=O)(=O)Nc2ccc(S(=O)(=O)Nc3onc(C)c3C)cc2)c(OC)c1. The molecule has 0 atom stereocenters. The summed E-state index contributed by atoms with van der Waals surface area (Å²) in [5.74, 6) is 0.567. The fourth-order valence-corrected chi connectivity index (χ4v) is 4.86. The van der Waals surface area contributed by atoms with Crippen molar-refractivity contribution in [3.8, 4) is 11.5 Å². The third kappa shape index (κ3) is 4.75. The fourth-order valence-electron chi connectivity index (χ4n) is 2.60. The van der Waals surface area contributed by atoms with Gasteiger partial charge in [-0.3, -0.25) is 4.72 Å². The molecule has 1 aromatic heterocycles. The average molecular weight is 468 g/mol. The number of ether oxygens (including phenoxy) is 2. The summed E-state index contributed by atoms with van der Waals surface area (Å²) in [5.41, 5.74) is 1.31. The zero-order chi connectivity index (χ0) is 22.8. The summed E-state index contributed by atoms with van der Waals surface area (Å²) in [5, 5.41) is 3.71. The predicted molar refractivity (Wildman–Crippen MR) is 114 cm³/mol. The van der Waals surface area contributed by atoms with E-state index >= 15 is 0 Å². The number of hydrogen-bond acceptors (Lipinski definition) is 8. The van der Waals surface area contributed by atoms with Gasteiger partial charge in [0.1, 0.15) is 16.4 Å². The first-order chi connectivity index (χ1) is 14.6. The molecule has 0 aliphatic carbocycles. The van der Waals surface area contributed by atoms with Gasteiger partial charge in [0.2, 0.25) is 5.88 Å². The van der Waals surface area contributed by atoms with Crippen molar-refractivity contribution in [3.05, 3.63) is 53.7 Å². The van der Waals surface area contributed by atoms with Crippen LogP contribution >= 0.6 is 0 Å². The quantitative estimate of drug-likeness (QED) is 0.516. The average Bonchev–Trinajstić information content (AvgIpc) is 3.05. The Bertz CT molecular complexity index is 1300. The minimum atomic E-state index is -4.00. The van der Waals surface area contributed by atoms with E-state index in [0.29, 0.717) is 17.0 Å². The highest BCUT2D eigenvalue weighted by atomic mass is 32.2. The van der Waals surface area contributed by atoms with Crippen molar-refractivity contribution >= 4 is 31.6 Å². The monoisotopic (exact) mass is 467 g/mol. The van der Waals surface area contributed by atoms with Crippen LogP contribution < -0.4 is 18.9 Å². The van der Waals surface area contributed by atoms with Crippen molar-refractivity contribution in [2.75, 3.05) is 23.7 Å². The van der Waals surface area contributed by atoms with Crippen LogP contribution in [0.5, 0.6) is 11.5 Å². The van der Waals surface area contributed by atoms with Gasteiger partial charge in [-0.1, -0.05) is 5.16 Å². The Labute approximate surface area is 180 Å². The molecule has 3 rings (SSSR count). The molecular weight excluding hydrogens is 446 g/mol. The van der Waals surface area contributed by atoms with Crippen molar-refractivity contribution in [2.45, 2.75) is 23.6 Å². The standard InChI is InChI=1S/C19H21N3O7S2/c1-12-13(2)20-29-19(12)22-30(23,24)16-8-5-14(6-9-16)21-31(25,26)18-10-7-15(27-3)11-17(18)28-4/h5-11,21-22H,1-4H3. The lowest BCUT2D eigenvalue weighted by Crippen LogP contribution is -2.15. The van der Waals surface area contributed by atoms with Crippen LogP contribution in [0.25, 0.3) is 0 Å². The zero-order valence-electron chi connectivity index (χ0n) is 17.2. The molecule has 0 bridgehead atoms. The Morgan fingerprint density at radius 2 is 1.55 bits per heavy atom. The van der Waals surface area contributed by atoms with E-state index in [1.54, 1.807) is 13.8 Å². The van der Waals surface area contributed by atoms with Gasteiger partial charge in [0, 0.05) is 17.3 Å². The smallest absolute Gasteiger partial charge is 0.265 e. The third-order valence-corrected chi connectivity index (χ3v) is 7.23. The van der Waals surface area contributed by atoms with Gasteiger partial charge in [-0.25, -0.2) is 21.6 Å². The minimum Gasteiger partial charge on any atom is -0.497 e. The highest BCUT2D eigenvalue weighted by Gasteiger charge is 2.22. The Kier molecular flexibility index (Phi) is 6.13. The van der Waals surface area contributed by atoms with E-state index in [9.17, 15) is 16.8 Å². The lowest BCUT2D eigenvalue weighted by Gasteiger charge is -2.13. The van der Waals surface area contributed by atoms with Crippen molar-refractivity contribution in [2.24, 2.45) is 0 Å². The topological polar surface area (TPSA) is 137 Å². The number of nitrogens with one attached hydrogen (secondary N) is 2. The number of hydrogen-bond donors (Lipinski definition) is 2. The van der Waals surface area contributed by atoms with Crippen LogP contribution in [0.3, 0.4) is 0 Å². The van der Waals surface area contributed by atoms with Crippen LogP contribution in [0, 0.1) is 13.8 Å². The van der Waals surface area contributed by atoms with Crippen LogP contribution in [-0.4, -0.2) is 36.2 Å². The van der Waals surface area contributed by atoms with Gasteiger partial charge in [0.25, 0.3) is 20.0 Å². The summed E-state index contributed by atoms with van der Waals surface area (Å²) in [6.07, 6.45) is 0. The van der Waals surface area contributed by atoms with E-state index in [-0.39, 0.29) is 27.1 Å². The molecule has 0 spiro atoms. The first kappa shape index (κ1) is 22.4. The molecule has 0 fully saturated rings. The van der Waals surface area contributed by atoms with Gasteiger partial charge in [-0.15, -0.1) is 0 Å². The maximum Gasteiger partial charge on any atom is 0.265 e. The molecule has 3 aromatic rings. The van der Waals surface area contributed by atoms with E-state index in [0.717, 1.165) is 0 Å². The van der Waals surface area contributed by atoms with Gasteiger partial charge in [0.15, 0.2) is 0 Å². The molecule has 0 radical (unpaired) electrons. The molecule has 12 heteroatoms. The second-order valence-corrected chi connectivity index (χ2v) is 9.81. The van der Waals surface area contributed by atoms with Gasteiger partial charge in [-0.2, -0.15) is 0 Å². The zero-order valence-corrected chi connectivity index (χ0v) is 18.8. The molecule has 0 aliphatic rings. The lowest BCUT2D eigenvalue weighted by molar-refractivity contribution is 0.386. The summed E-state index contributed by atoms with van der Waals surface area (Å²) in [4.78, 5) is -0.170. The van der Waals surface area contributed by atoms with Crippen LogP contribution in [0.4, 0.5) is 11.6 Å². The molecule has 1 heterocycles. The van der Waals surface area contributed by atoms with E-state index in [4.69, 9.17) is 14.0 Å². The van der Waals surface area contributed by atoms with E-state index in [1.165, 1.54) is 56.7 Å². The number of nitrogens with zero attached hydrogens (tertiary/aromatic N) is 1. The van der Waals surface area contributed by atoms with Crippen molar-refractivity contribution < 1.29 is 30.8 Å². The second-order valence-electron chi connectivity index (χ2n) is 6.47. The van der Waals surface area contributed by atoms with Crippen molar-refractivity contribution in [3.63, 3.8) is 0 Å². The maximum absolute atomic E-state index is 12.8. The number of aromatic nitrogens is 1.